The first-order valence-electron chi connectivity index (χ1n) is 6.17. The third kappa shape index (κ3) is 3.06. The van der Waals surface area contributed by atoms with Gasteiger partial charge < -0.3 is 14.6 Å². The van der Waals surface area contributed by atoms with E-state index in [1.54, 1.807) is 0 Å². The molecule has 2 rings (SSSR count). The molecule has 0 aliphatic heterocycles. The molecule has 1 aromatic carbocycles. The third-order valence-corrected chi connectivity index (χ3v) is 3.04. The fraction of sp³-hybridized carbons (Fsp3) is 0.200. The van der Waals surface area contributed by atoms with Crippen LogP contribution in [-0.4, -0.2) is 29.7 Å². The Morgan fingerprint density at radius 1 is 1.15 bits per heavy atom. The number of hydrogen-bond acceptors (Lipinski definition) is 3. The minimum atomic E-state index is -1.04. The highest BCUT2D eigenvalue weighted by molar-refractivity contribution is 5.87. The van der Waals surface area contributed by atoms with Gasteiger partial charge in [0, 0.05) is 32.0 Å². The maximum absolute atomic E-state index is 11.7. The number of aromatic carboxylic acids is 1. The molecule has 5 heteroatoms. The molecule has 5 nitrogen and oxygen atoms in total. The van der Waals surface area contributed by atoms with Crippen molar-refractivity contribution in [2.24, 2.45) is 0 Å². The zero-order chi connectivity index (χ0) is 14.7. The maximum Gasteiger partial charge on any atom is 0.337 e. The average molecular weight is 272 g/mol. The Bertz CT molecular complexity index is 672. The monoisotopic (exact) mass is 272 g/mol. The van der Waals surface area contributed by atoms with Crippen LogP contribution < -0.4 is 10.5 Å². The van der Waals surface area contributed by atoms with E-state index in [1.807, 2.05) is 43.3 Å². The van der Waals surface area contributed by atoms with Gasteiger partial charge in [0.25, 0.3) is 5.56 Å². The highest BCUT2D eigenvalue weighted by atomic mass is 16.4. The Hall–Kier alpha value is -2.56. The first-order chi connectivity index (χ1) is 9.47. The molecule has 1 aromatic heterocycles. The van der Waals surface area contributed by atoms with E-state index >= 15 is 0 Å². The van der Waals surface area contributed by atoms with Crippen molar-refractivity contribution >= 4 is 11.7 Å². The second kappa shape index (κ2) is 5.61. The Morgan fingerprint density at radius 3 is 2.35 bits per heavy atom. The molecule has 0 saturated carbocycles. The first kappa shape index (κ1) is 13.9. The summed E-state index contributed by atoms with van der Waals surface area (Å²) in [6.45, 7) is 0.355. The summed E-state index contributed by atoms with van der Waals surface area (Å²) in [6, 6.07) is 10.4. The van der Waals surface area contributed by atoms with Crippen LogP contribution >= 0.6 is 0 Å². The van der Waals surface area contributed by atoms with Gasteiger partial charge in [-0.3, -0.25) is 4.79 Å². The molecule has 1 heterocycles. The molecule has 0 aliphatic carbocycles. The van der Waals surface area contributed by atoms with Gasteiger partial charge in [0.15, 0.2) is 0 Å². The number of rotatable bonds is 4. The molecule has 1 N–H and O–H groups in total. The highest BCUT2D eigenvalue weighted by Gasteiger charge is 2.06. The van der Waals surface area contributed by atoms with E-state index in [9.17, 15) is 9.59 Å². The largest absolute Gasteiger partial charge is 0.478 e. The van der Waals surface area contributed by atoms with E-state index in [4.69, 9.17) is 5.11 Å². The van der Waals surface area contributed by atoms with E-state index in [0.29, 0.717) is 6.54 Å². The number of nitrogens with zero attached hydrogens (tertiary/aromatic N) is 2. The molecule has 2 aromatic rings. The number of carbonyl (C=O) groups is 1. The molecule has 0 saturated heterocycles. The molecule has 0 unspecified atom stereocenters. The number of pyridine rings is 1. The third-order valence-electron chi connectivity index (χ3n) is 3.04. The van der Waals surface area contributed by atoms with Crippen molar-refractivity contribution in [3.63, 3.8) is 0 Å². The smallest absolute Gasteiger partial charge is 0.337 e. The van der Waals surface area contributed by atoms with Gasteiger partial charge in [-0.15, -0.1) is 0 Å². The Kier molecular flexibility index (Phi) is 3.89. The molecule has 0 spiro atoms. The quantitative estimate of drug-likeness (QED) is 0.919. The topological polar surface area (TPSA) is 62.5 Å². The van der Waals surface area contributed by atoms with Crippen molar-refractivity contribution in [3.05, 3.63) is 64.1 Å². The van der Waals surface area contributed by atoms with Crippen molar-refractivity contribution in [1.29, 1.82) is 0 Å². The number of hydrogen-bond donors (Lipinski definition) is 1. The number of aromatic nitrogens is 1. The average Bonchev–Trinajstić information content (AvgIpc) is 2.41. The van der Waals surface area contributed by atoms with Gasteiger partial charge in [-0.2, -0.15) is 0 Å². The summed E-state index contributed by atoms with van der Waals surface area (Å²) in [5.41, 5.74) is 1.90. The lowest BCUT2D eigenvalue weighted by Gasteiger charge is -2.13. The van der Waals surface area contributed by atoms with Crippen molar-refractivity contribution in [2.75, 3.05) is 19.0 Å². The number of benzene rings is 1. The van der Waals surface area contributed by atoms with Crippen LogP contribution in [0.4, 0.5) is 5.69 Å². The van der Waals surface area contributed by atoms with Crippen molar-refractivity contribution in [1.82, 2.24) is 4.57 Å². The van der Waals surface area contributed by atoms with E-state index in [2.05, 4.69) is 0 Å². The van der Waals surface area contributed by atoms with Gasteiger partial charge in [-0.25, -0.2) is 4.79 Å². The molecule has 20 heavy (non-hydrogen) atoms. The lowest BCUT2D eigenvalue weighted by atomic mass is 10.2. The second-order valence-corrected chi connectivity index (χ2v) is 4.75. The zero-order valence-corrected chi connectivity index (χ0v) is 11.4. The van der Waals surface area contributed by atoms with Crippen LogP contribution in [0.25, 0.3) is 0 Å². The highest BCUT2D eigenvalue weighted by Crippen LogP contribution is 2.12. The van der Waals surface area contributed by atoms with E-state index < -0.39 is 5.97 Å². The minimum Gasteiger partial charge on any atom is -0.478 e. The fourth-order valence-corrected chi connectivity index (χ4v) is 1.88. The summed E-state index contributed by atoms with van der Waals surface area (Å²) in [5.74, 6) is -1.04. The lowest BCUT2D eigenvalue weighted by molar-refractivity contribution is 0.0696. The number of anilines is 1. The predicted molar refractivity (Wildman–Crippen MR) is 77.5 cm³/mol. The van der Waals surface area contributed by atoms with E-state index in [1.165, 1.54) is 22.9 Å². The standard InChI is InChI=1S/C15H16N2O3/c1-16(2)13-6-3-11(4-7-13)9-17-10-12(15(19)20)5-8-14(17)18/h3-8,10H,9H2,1-2H3,(H,19,20). The van der Waals surface area contributed by atoms with Crippen LogP contribution in [0.15, 0.2) is 47.4 Å². The van der Waals surface area contributed by atoms with Gasteiger partial charge in [0.05, 0.1) is 12.1 Å². The normalized spacial score (nSPS) is 10.3. The molecule has 0 atom stereocenters. The Morgan fingerprint density at radius 2 is 1.80 bits per heavy atom. The lowest BCUT2D eigenvalue weighted by Crippen LogP contribution is -2.20. The van der Waals surface area contributed by atoms with Crippen molar-refractivity contribution in [2.45, 2.75) is 6.54 Å². The van der Waals surface area contributed by atoms with Crippen molar-refractivity contribution < 1.29 is 9.90 Å². The van der Waals surface area contributed by atoms with Crippen LogP contribution in [0, 0.1) is 0 Å². The van der Waals surface area contributed by atoms with E-state index in [-0.39, 0.29) is 11.1 Å². The Balaban J connectivity index is 2.27. The summed E-state index contributed by atoms with van der Waals surface area (Å²) in [4.78, 5) is 24.6. The molecule has 0 amide bonds. The van der Waals surface area contributed by atoms with Crippen LogP contribution in [-0.2, 0) is 6.54 Å². The molecule has 0 fully saturated rings. The van der Waals surface area contributed by atoms with Gasteiger partial charge in [0.1, 0.15) is 0 Å². The summed E-state index contributed by atoms with van der Waals surface area (Å²) in [5, 5.41) is 8.94. The summed E-state index contributed by atoms with van der Waals surface area (Å²) < 4.78 is 1.40. The van der Waals surface area contributed by atoms with Gasteiger partial charge >= 0.3 is 5.97 Å². The molecule has 0 aliphatic rings. The van der Waals surface area contributed by atoms with Crippen LogP contribution in [0.5, 0.6) is 0 Å². The second-order valence-electron chi connectivity index (χ2n) is 4.75. The predicted octanol–water partition coefficient (Wildman–Crippen LogP) is 1.66. The molecular formula is C15H16N2O3. The van der Waals surface area contributed by atoms with Gasteiger partial charge in [-0.05, 0) is 23.8 Å². The zero-order valence-electron chi connectivity index (χ0n) is 11.4. The minimum absolute atomic E-state index is 0.106. The summed E-state index contributed by atoms with van der Waals surface area (Å²) in [6.07, 6.45) is 1.37. The number of carboxylic acids is 1. The van der Waals surface area contributed by atoms with Crippen LogP contribution in [0.2, 0.25) is 0 Å². The Labute approximate surface area is 116 Å². The summed E-state index contributed by atoms with van der Waals surface area (Å²) >= 11 is 0. The SMILES string of the molecule is CN(C)c1ccc(Cn2cc(C(=O)O)ccc2=O)cc1. The van der Waals surface area contributed by atoms with Gasteiger partial charge in [0.2, 0.25) is 0 Å². The maximum atomic E-state index is 11.7. The van der Waals surface area contributed by atoms with E-state index in [0.717, 1.165) is 11.3 Å². The fourth-order valence-electron chi connectivity index (χ4n) is 1.88. The molecular weight excluding hydrogens is 256 g/mol. The first-order valence-corrected chi connectivity index (χ1v) is 6.17. The van der Waals surface area contributed by atoms with Crippen LogP contribution in [0.3, 0.4) is 0 Å². The molecule has 0 radical (unpaired) electrons. The summed E-state index contributed by atoms with van der Waals surface area (Å²) in [7, 11) is 3.91. The van der Waals surface area contributed by atoms with Crippen molar-refractivity contribution in [3.8, 4) is 0 Å². The number of carboxylic acid groups (broad SMARTS) is 1. The van der Waals surface area contributed by atoms with Gasteiger partial charge in [-0.1, -0.05) is 12.1 Å². The van der Waals surface area contributed by atoms with Crippen LogP contribution in [0.1, 0.15) is 15.9 Å². The molecule has 104 valence electrons. The molecule has 0 bridgehead atoms.